The van der Waals surface area contributed by atoms with Crippen molar-refractivity contribution in [1.82, 2.24) is 10.2 Å². The molecular weight excluding hydrogens is 394 g/mol. The van der Waals surface area contributed by atoms with E-state index in [1.54, 1.807) is 12.1 Å². The zero-order valence-corrected chi connectivity index (χ0v) is 17.6. The van der Waals surface area contributed by atoms with Crippen molar-refractivity contribution in [3.8, 4) is 11.5 Å². The Morgan fingerprint density at radius 1 is 1.00 bits per heavy atom. The van der Waals surface area contributed by atoms with Gasteiger partial charge in [0.15, 0.2) is 11.5 Å². The van der Waals surface area contributed by atoms with E-state index in [1.165, 1.54) is 5.56 Å². The number of carbonyl (C=O) groups is 2. The number of benzene rings is 2. The van der Waals surface area contributed by atoms with Crippen molar-refractivity contribution in [3.63, 3.8) is 0 Å². The largest absolute Gasteiger partial charge is 0.454 e. The molecular formula is C24H29N3O4. The number of hydrogen-bond donors (Lipinski definition) is 2. The third-order valence-electron chi connectivity index (χ3n) is 5.77. The van der Waals surface area contributed by atoms with E-state index < -0.39 is 0 Å². The summed E-state index contributed by atoms with van der Waals surface area (Å²) in [7, 11) is 0. The van der Waals surface area contributed by atoms with Gasteiger partial charge in [-0.2, -0.15) is 0 Å². The Balaban J connectivity index is 1.13. The summed E-state index contributed by atoms with van der Waals surface area (Å²) in [5.41, 5.74) is 2.00. The van der Waals surface area contributed by atoms with Crippen LogP contribution in [0.5, 0.6) is 11.5 Å². The molecule has 0 radical (unpaired) electrons. The molecule has 2 heterocycles. The molecule has 0 aliphatic carbocycles. The van der Waals surface area contributed by atoms with Gasteiger partial charge in [-0.15, -0.1) is 0 Å². The van der Waals surface area contributed by atoms with Gasteiger partial charge in [-0.25, -0.2) is 0 Å². The number of ether oxygens (including phenoxy) is 2. The van der Waals surface area contributed by atoms with Crippen LogP contribution in [0.25, 0.3) is 0 Å². The highest BCUT2D eigenvalue weighted by molar-refractivity contribution is 5.93. The first kappa shape index (κ1) is 21.2. The Morgan fingerprint density at radius 3 is 2.58 bits per heavy atom. The molecule has 7 heteroatoms. The molecule has 0 aromatic heterocycles. The van der Waals surface area contributed by atoms with E-state index in [1.807, 2.05) is 24.3 Å². The van der Waals surface area contributed by atoms with Gasteiger partial charge in [-0.05, 0) is 56.5 Å². The predicted octanol–water partition coefficient (Wildman–Crippen LogP) is 2.81. The molecule has 0 spiro atoms. The SMILES string of the molecule is O=C(CN1CCC(C(=O)Nc2ccc3c(c2)OCO3)CC1)NCCCc1ccccc1. The summed E-state index contributed by atoms with van der Waals surface area (Å²) in [5.74, 6) is 1.38. The summed E-state index contributed by atoms with van der Waals surface area (Å²) in [6.45, 7) is 2.78. The molecule has 2 aromatic rings. The number of hydrogen-bond acceptors (Lipinski definition) is 5. The monoisotopic (exact) mass is 423 g/mol. The minimum atomic E-state index is -0.0457. The van der Waals surface area contributed by atoms with Crippen LogP contribution in [0, 0.1) is 5.92 Å². The van der Waals surface area contributed by atoms with Crippen molar-refractivity contribution in [2.75, 3.05) is 38.3 Å². The molecule has 7 nitrogen and oxygen atoms in total. The lowest BCUT2D eigenvalue weighted by molar-refractivity contribution is -0.123. The van der Waals surface area contributed by atoms with Crippen LogP contribution < -0.4 is 20.1 Å². The Kier molecular flexibility index (Phi) is 7.04. The third kappa shape index (κ3) is 5.98. The van der Waals surface area contributed by atoms with E-state index in [2.05, 4.69) is 27.7 Å². The van der Waals surface area contributed by atoms with Gasteiger partial charge in [0.1, 0.15) is 0 Å². The van der Waals surface area contributed by atoms with Gasteiger partial charge in [-0.1, -0.05) is 30.3 Å². The number of nitrogens with one attached hydrogen (secondary N) is 2. The van der Waals surface area contributed by atoms with E-state index in [0.29, 0.717) is 30.3 Å². The molecule has 31 heavy (non-hydrogen) atoms. The summed E-state index contributed by atoms with van der Waals surface area (Å²) < 4.78 is 10.7. The highest BCUT2D eigenvalue weighted by Crippen LogP contribution is 2.34. The lowest BCUT2D eigenvalue weighted by atomic mass is 9.95. The summed E-state index contributed by atoms with van der Waals surface area (Å²) in [6, 6.07) is 15.7. The third-order valence-corrected chi connectivity index (χ3v) is 5.77. The number of rotatable bonds is 8. The summed E-state index contributed by atoms with van der Waals surface area (Å²) >= 11 is 0. The molecule has 0 unspecified atom stereocenters. The van der Waals surface area contributed by atoms with E-state index in [4.69, 9.17) is 9.47 Å². The van der Waals surface area contributed by atoms with Gasteiger partial charge in [0, 0.05) is 24.2 Å². The van der Waals surface area contributed by atoms with Crippen LogP contribution in [0.3, 0.4) is 0 Å². The molecule has 2 aliphatic heterocycles. The standard InChI is InChI=1S/C24H29N3O4/c28-23(25-12-4-7-18-5-2-1-3-6-18)16-27-13-10-19(11-14-27)24(29)26-20-8-9-21-22(15-20)31-17-30-21/h1-3,5-6,8-9,15,19H,4,7,10-14,16-17H2,(H,25,28)(H,26,29). The van der Waals surface area contributed by atoms with Gasteiger partial charge in [0.25, 0.3) is 0 Å². The van der Waals surface area contributed by atoms with Crippen LogP contribution in [-0.4, -0.2) is 49.7 Å². The smallest absolute Gasteiger partial charge is 0.234 e. The van der Waals surface area contributed by atoms with E-state index >= 15 is 0 Å². The highest BCUT2D eigenvalue weighted by Gasteiger charge is 2.26. The molecule has 164 valence electrons. The lowest BCUT2D eigenvalue weighted by Gasteiger charge is -2.30. The highest BCUT2D eigenvalue weighted by atomic mass is 16.7. The molecule has 1 saturated heterocycles. The number of nitrogens with zero attached hydrogens (tertiary/aromatic N) is 1. The van der Waals surface area contributed by atoms with E-state index in [9.17, 15) is 9.59 Å². The zero-order valence-electron chi connectivity index (χ0n) is 17.6. The minimum absolute atomic E-state index is 0.0175. The van der Waals surface area contributed by atoms with Crippen LogP contribution >= 0.6 is 0 Å². The molecule has 1 fully saturated rings. The van der Waals surface area contributed by atoms with Gasteiger partial charge in [-0.3, -0.25) is 14.5 Å². The molecule has 0 saturated carbocycles. The average Bonchev–Trinajstić information content (AvgIpc) is 3.26. The normalized spacial score (nSPS) is 16.1. The zero-order chi connectivity index (χ0) is 21.5. The number of anilines is 1. The van der Waals surface area contributed by atoms with Crippen LogP contribution in [-0.2, 0) is 16.0 Å². The maximum atomic E-state index is 12.6. The van der Waals surface area contributed by atoms with Crippen molar-refractivity contribution in [3.05, 3.63) is 54.1 Å². The first-order chi connectivity index (χ1) is 15.2. The van der Waals surface area contributed by atoms with Gasteiger partial charge >= 0.3 is 0 Å². The summed E-state index contributed by atoms with van der Waals surface area (Å²) in [5, 5.41) is 5.98. The summed E-state index contributed by atoms with van der Waals surface area (Å²) in [6.07, 6.45) is 3.39. The maximum Gasteiger partial charge on any atom is 0.234 e. The first-order valence-electron chi connectivity index (χ1n) is 10.9. The number of aryl methyl sites for hydroxylation is 1. The average molecular weight is 424 g/mol. The van der Waals surface area contributed by atoms with E-state index in [-0.39, 0.29) is 24.5 Å². The van der Waals surface area contributed by atoms with Gasteiger partial charge in [0.2, 0.25) is 18.6 Å². The van der Waals surface area contributed by atoms with Crippen LogP contribution in [0.15, 0.2) is 48.5 Å². The number of carbonyl (C=O) groups excluding carboxylic acids is 2. The number of amides is 2. The molecule has 0 atom stereocenters. The van der Waals surface area contributed by atoms with Crippen molar-refractivity contribution in [2.45, 2.75) is 25.7 Å². The molecule has 0 bridgehead atoms. The Morgan fingerprint density at radius 2 is 1.77 bits per heavy atom. The second-order valence-corrected chi connectivity index (χ2v) is 8.05. The van der Waals surface area contributed by atoms with Crippen LogP contribution in [0.2, 0.25) is 0 Å². The molecule has 2 aliphatic rings. The Bertz CT molecular complexity index is 895. The Hall–Kier alpha value is -3.06. The van der Waals surface area contributed by atoms with Crippen molar-refractivity contribution >= 4 is 17.5 Å². The first-order valence-corrected chi connectivity index (χ1v) is 10.9. The number of fused-ring (bicyclic) bond motifs is 1. The fourth-order valence-corrected chi connectivity index (χ4v) is 4.00. The molecule has 2 N–H and O–H groups in total. The van der Waals surface area contributed by atoms with Gasteiger partial charge < -0.3 is 20.1 Å². The van der Waals surface area contributed by atoms with E-state index in [0.717, 1.165) is 38.8 Å². The fourth-order valence-electron chi connectivity index (χ4n) is 4.00. The fraction of sp³-hybridized carbons (Fsp3) is 0.417. The topological polar surface area (TPSA) is 79.9 Å². The lowest BCUT2D eigenvalue weighted by Crippen LogP contribution is -2.43. The number of piperidine rings is 1. The maximum absolute atomic E-state index is 12.6. The van der Waals surface area contributed by atoms with Crippen molar-refractivity contribution in [1.29, 1.82) is 0 Å². The van der Waals surface area contributed by atoms with Gasteiger partial charge in [0.05, 0.1) is 6.54 Å². The Labute approximate surface area is 182 Å². The number of likely N-dealkylation sites (tertiary alicyclic amines) is 1. The quantitative estimate of drug-likeness (QED) is 0.639. The van der Waals surface area contributed by atoms with Crippen LogP contribution in [0.1, 0.15) is 24.8 Å². The predicted molar refractivity (Wildman–Crippen MR) is 118 cm³/mol. The van der Waals surface area contributed by atoms with Crippen molar-refractivity contribution in [2.24, 2.45) is 5.92 Å². The van der Waals surface area contributed by atoms with Crippen molar-refractivity contribution < 1.29 is 19.1 Å². The second-order valence-electron chi connectivity index (χ2n) is 8.05. The van der Waals surface area contributed by atoms with Crippen LogP contribution in [0.4, 0.5) is 5.69 Å². The summed E-state index contributed by atoms with van der Waals surface area (Å²) in [4.78, 5) is 26.9. The molecule has 2 amide bonds. The molecule has 4 rings (SSSR count). The molecule has 2 aromatic carbocycles. The second kappa shape index (κ2) is 10.3. The minimum Gasteiger partial charge on any atom is -0.454 e.